The normalized spacial score (nSPS) is 12.1. The zero-order valence-electron chi connectivity index (χ0n) is 14.9. The van der Waals surface area contributed by atoms with Crippen LogP contribution in [0.15, 0.2) is 36.7 Å². The number of anilines is 2. The van der Waals surface area contributed by atoms with Crippen molar-refractivity contribution < 1.29 is 31.1 Å². The fourth-order valence-electron chi connectivity index (χ4n) is 2.55. The molecule has 12 heteroatoms. The number of benzene rings is 1. The lowest BCUT2D eigenvalue weighted by Crippen LogP contribution is -2.16. The maximum absolute atomic E-state index is 13.3. The Labute approximate surface area is 160 Å². The Bertz CT molecular complexity index is 1010. The molecule has 0 aliphatic rings. The minimum atomic E-state index is -4.81. The Hall–Kier alpha value is -3.31. The van der Waals surface area contributed by atoms with Crippen LogP contribution in [-0.4, -0.2) is 26.1 Å². The van der Waals surface area contributed by atoms with Gasteiger partial charge >= 0.3 is 12.5 Å². The number of nitrogens with one attached hydrogen (secondary N) is 1. The molecule has 1 N–H and O–H groups in total. The van der Waals surface area contributed by atoms with Gasteiger partial charge in [0.15, 0.2) is 5.69 Å². The smallest absolute Gasteiger partial charge is 0.406 e. The molecule has 0 bridgehead atoms. The molecule has 154 valence electrons. The lowest BCUT2D eigenvalue weighted by atomic mass is 10.1. The fourth-order valence-corrected chi connectivity index (χ4v) is 2.55. The minimum Gasteiger partial charge on any atom is -0.406 e. The van der Waals surface area contributed by atoms with Gasteiger partial charge in [-0.25, -0.2) is 4.98 Å². The molecule has 6 nitrogen and oxygen atoms in total. The predicted molar refractivity (Wildman–Crippen MR) is 90.4 cm³/mol. The van der Waals surface area contributed by atoms with Crippen molar-refractivity contribution in [2.24, 2.45) is 7.05 Å². The van der Waals surface area contributed by atoms with E-state index < -0.39 is 24.0 Å². The molecule has 2 heterocycles. The van der Waals surface area contributed by atoms with Gasteiger partial charge in [-0.05, 0) is 31.2 Å². The number of ether oxygens (including phenoxy) is 1. The maximum atomic E-state index is 13.3. The van der Waals surface area contributed by atoms with E-state index in [1.807, 2.05) is 0 Å². The van der Waals surface area contributed by atoms with Crippen LogP contribution in [0.5, 0.6) is 5.75 Å². The average molecular weight is 417 g/mol. The van der Waals surface area contributed by atoms with Gasteiger partial charge in [0.25, 0.3) is 0 Å². The molecular formula is C17H13F6N5O. The first-order valence-corrected chi connectivity index (χ1v) is 8.00. The van der Waals surface area contributed by atoms with Gasteiger partial charge in [0.05, 0.1) is 23.7 Å². The van der Waals surface area contributed by atoms with Crippen molar-refractivity contribution in [3.05, 3.63) is 48.0 Å². The molecule has 0 atom stereocenters. The summed E-state index contributed by atoms with van der Waals surface area (Å²) in [5, 5.41) is 6.28. The molecule has 3 rings (SSSR count). The zero-order valence-corrected chi connectivity index (χ0v) is 14.9. The molecule has 0 saturated heterocycles. The monoisotopic (exact) mass is 417 g/mol. The number of nitrogens with zero attached hydrogens (tertiary/aromatic N) is 4. The SMILES string of the molecule is Cc1c(-c2cncc(Nc3ccc(OC(F)(F)F)cc3)n2)c(C(F)(F)F)nn1C. The second kappa shape index (κ2) is 7.26. The first kappa shape index (κ1) is 20.4. The second-order valence-corrected chi connectivity index (χ2v) is 5.92. The van der Waals surface area contributed by atoms with E-state index >= 15 is 0 Å². The number of hydrogen-bond acceptors (Lipinski definition) is 5. The van der Waals surface area contributed by atoms with E-state index in [9.17, 15) is 26.3 Å². The molecule has 1 aromatic carbocycles. The van der Waals surface area contributed by atoms with Gasteiger partial charge in [-0.15, -0.1) is 13.2 Å². The molecule has 3 aromatic rings. The number of rotatable bonds is 4. The Balaban J connectivity index is 1.88. The number of aromatic nitrogens is 4. The first-order chi connectivity index (χ1) is 13.4. The number of halogens is 6. The lowest BCUT2D eigenvalue weighted by molar-refractivity contribution is -0.274. The molecule has 0 aliphatic heterocycles. The quantitative estimate of drug-likeness (QED) is 0.615. The van der Waals surface area contributed by atoms with Crippen LogP contribution in [0.3, 0.4) is 0 Å². The van der Waals surface area contributed by atoms with Crippen molar-refractivity contribution in [3.8, 4) is 17.0 Å². The maximum Gasteiger partial charge on any atom is 0.573 e. The molecule has 0 radical (unpaired) electrons. The summed E-state index contributed by atoms with van der Waals surface area (Å²) in [5.74, 6) is -0.313. The van der Waals surface area contributed by atoms with Crippen LogP contribution in [0.2, 0.25) is 0 Å². The zero-order chi connectivity index (χ0) is 21.4. The number of aryl methyl sites for hydroxylation is 1. The van der Waals surface area contributed by atoms with Crippen LogP contribution in [0.25, 0.3) is 11.3 Å². The fraction of sp³-hybridized carbons (Fsp3) is 0.235. The standard InChI is InChI=1S/C17H13F6N5O/c1-9-14(15(16(18,19)20)27-28(9)2)12-7-24-8-13(26-12)25-10-3-5-11(6-4-10)29-17(21,22)23/h3-8H,1-2H3,(H,25,26). The van der Waals surface area contributed by atoms with E-state index in [2.05, 4.69) is 25.1 Å². The van der Waals surface area contributed by atoms with E-state index in [1.165, 1.54) is 38.5 Å². The molecule has 0 spiro atoms. The molecular weight excluding hydrogens is 404 g/mol. The molecule has 0 unspecified atom stereocenters. The third-order valence-corrected chi connectivity index (χ3v) is 3.85. The van der Waals surface area contributed by atoms with Crippen LogP contribution in [0, 0.1) is 6.92 Å². The first-order valence-electron chi connectivity index (χ1n) is 8.00. The van der Waals surface area contributed by atoms with Crippen molar-refractivity contribution in [1.82, 2.24) is 19.7 Å². The van der Waals surface area contributed by atoms with Gasteiger partial charge in [-0.1, -0.05) is 0 Å². The van der Waals surface area contributed by atoms with Gasteiger partial charge in [-0.3, -0.25) is 9.67 Å². The highest BCUT2D eigenvalue weighted by atomic mass is 19.4. The largest absolute Gasteiger partial charge is 0.573 e. The second-order valence-electron chi connectivity index (χ2n) is 5.92. The molecule has 29 heavy (non-hydrogen) atoms. The molecule has 2 aromatic heterocycles. The summed E-state index contributed by atoms with van der Waals surface area (Å²) in [6.45, 7) is 1.47. The minimum absolute atomic E-state index is 0.0510. The van der Waals surface area contributed by atoms with Crippen molar-refractivity contribution >= 4 is 11.5 Å². The highest BCUT2D eigenvalue weighted by molar-refractivity contribution is 5.67. The summed E-state index contributed by atoms with van der Waals surface area (Å²) < 4.78 is 81.4. The van der Waals surface area contributed by atoms with Crippen molar-refractivity contribution in [3.63, 3.8) is 0 Å². The summed E-state index contributed by atoms with van der Waals surface area (Å²) in [6, 6.07) is 4.76. The van der Waals surface area contributed by atoms with Gasteiger partial charge in [-0.2, -0.15) is 18.3 Å². The Morgan fingerprint density at radius 1 is 1.00 bits per heavy atom. The van der Waals surface area contributed by atoms with E-state index in [0.717, 1.165) is 16.8 Å². The Morgan fingerprint density at radius 2 is 1.66 bits per heavy atom. The van der Waals surface area contributed by atoms with Gasteiger partial charge in [0, 0.05) is 18.4 Å². The lowest BCUT2D eigenvalue weighted by Gasteiger charge is -2.11. The van der Waals surface area contributed by atoms with Gasteiger partial charge in [0.2, 0.25) is 0 Å². The van der Waals surface area contributed by atoms with Crippen LogP contribution < -0.4 is 10.1 Å². The summed E-state index contributed by atoms with van der Waals surface area (Å²) in [7, 11) is 1.38. The van der Waals surface area contributed by atoms with Crippen LogP contribution >= 0.6 is 0 Å². The summed E-state index contributed by atoms with van der Waals surface area (Å²) in [5.41, 5.74) is -0.755. The van der Waals surface area contributed by atoms with Crippen LogP contribution in [0.4, 0.5) is 37.8 Å². The topological polar surface area (TPSA) is 64.9 Å². The Morgan fingerprint density at radius 3 is 2.24 bits per heavy atom. The van der Waals surface area contributed by atoms with E-state index in [1.54, 1.807) is 0 Å². The molecule has 0 fully saturated rings. The van der Waals surface area contributed by atoms with E-state index in [0.29, 0.717) is 5.69 Å². The van der Waals surface area contributed by atoms with Crippen molar-refractivity contribution in [2.75, 3.05) is 5.32 Å². The van der Waals surface area contributed by atoms with Crippen LogP contribution in [0.1, 0.15) is 11.4 Å². The van der Waals surface area contributed by atoms with E-state index in [4.69, 9.17) is 0 Å². The third kappa shape index (κ3) is 4.76. The highest BCUT2D eigenvalue weighted by Gasteiger charge is 2.39. The number of hydrogen-bond donors (Lipinski definition) is 1. The highest BCUT2D eigenvalue weighted by Crippen LogP contribution is 2.37. The summed E-state index contributed by atoms with van der Waals surface area (Å²) in [6.07, 6.45) is -7.05. The summed E-state index contributed by atoms with van der Waals surface area (Å²) >= 11 is 0. The molecule has 0 aliphatic carbocycles. The van der Waals surface area contributed by atoms with Gasteiger partial charge in [0.1, 0.15) is 11.6 Å². The average Bonchev–Trinajstić information content (AvgIpc) is 2.91. The van der Waals surface area contributed by atoms with Crippen LogP contribution in [-0.2, 0) is 13.2 Å². The third-order valence-electron chi connectivity index (χ3n) is 3.85. The van der Waals surface area contributed by atoms with Gasteiger partial charge < -0.3 is 10.1 Å². The molecule has 0 saturated carbocycles. The Kier molecular flexibility index (Phi) is 5.11. The molecule has 0 amide bonds. The summed E-state index contributed by atoms with van der Waals surface area (Å²) in [4.78, 5) is 8.02. The van der Waals surface area contributed by atoms with Crippen molar-refractivity contribution in [1.29, 1.82) is 0 Å². The number of alkyl halides is 6. The van der Waals surface area contributed by atoms with Crippen molar-refractivity contribution in [2.45, 2.75) is 19.5 Å². The van der Waals surface area contributed by atoms with E-state index in [-0.39, 0.29) is 22.8 Å². The predicted octanol–water partition coefficient (Wildman–Crippen LogP) is 4.85.